The van der Waals surface area contributed by atoms with Crippen LogP contribution in [0.15, 0.2) is 39.9 Å². The molecule has 2 aromatic rings. The maximum Gasteiger partial charge on any atom is 0.293 e. The van der Waals surface area contributed by atoms with E-state index >= 15 is 0 Å². The molecule has 1 aromatic carbocycles. The number of sulfonamides is 1. The van der Waals surface area contributed by atoms with Crippen LogP contribution in [0.25, 0.3) is 0 Å². The van der Waals surface area contributed by atoms with Crippen molar-refractivity contribution in [1.82, 2.24) is 4.31 Å². The van der Waals surface area contributed by atoms with E-state index in [1.54, 1.807) is 11.4 Å². The molecule has 0 bridgehead atoms. The van der Waals surface area contributed by atoms with Gasteiger partial charge in [-0.25, -0.2) is 8.42 Å². The predicted octanol–water partition coefficient (Wildman–Crippen LogP) is 2.26. The van der Waals surface area contributed by atoms with Gasteiger partial charge in [0.1, 0.15) is 9.90 Å². The average molecular weight is 366 g/mol. The third-order valence-corrected chi connectivity index (χ3v) is 6.46. The minimum Gasteiger partial charge on any atom is -0.378 e. The van der Waals surface area contributed by atoms with Gasteiger partial charge in [-0.15, -0.1) is 11.3 Å². The Morgan fingerprint density at radius 1 is 1.42 bits per heavy atom. The third kappa shape index (κ3) is 3.88. The highest BCUT2D eigenvalue weighted by Crippen LogP contribution is 2.25. The standard InChI is InChI=1S/C14H14N4O4S2/c1-17(24(21,22)14-3-2-8-23-14)7-6-16-12-5-4-11(10-15)9-13(12)18(19)20/h2-5,8-9,16H,6-7H2,1H3. The van der Waals surface area contributed by atoms with Crippen LogP contribution in [-0.2, 0) is 10.0 Å². The molecule has 0 saturated carbocycles. The molecule has 0 aliphatic rings. The lowest BCUT2D eigenvalue weighted by atomic mass is 10.2. The second kappa shape index (κ2) is 7.39. The summed E-state index contributed by atoms with van der Waals surface area (Å²) in [5.74, 6) is 0. The molecule has 0 aliphatic carbocycles. The van der Waals surface area contributed by atoms with Crippen LogP contribution in [-0.4, -0.2) is 37.8 Å². The number of hydrogen-bond acceptors (Lipinski definition) is 7. The Kier molecular flexibility index (Phi) is 5.50. The van der Waals surface area contributed by atoms with Gasteiger partial charge in [-0.2, -0.15) is 9.57 Å². The van der Waals surface area contributed by atoms with E-state index in [1.165, 1.54) is 35.6 Å². The zero-order chi connectivity index (χ0) is 17.7. The normalized spacial score (nSPS) is 11.2. The lowest BCUT2D eigenvalue weighted by Crippen LogP contribution is -2.31. The molecule has 0 radical (unpaired) electrons. The van der Waals surface area contributed by atoms with Crippen molar-refractivity contribution in [2.75, 3.05) is 25.5 Å². The third-order valence-electron chi connectivity index (χ3n) is 3.23. The number of nitrogens with one attached hydrogen (secondary N) is 1. The quantitative estimate of drug-likeness (QED) is 0.593. The maximum absolute atomic E-state index is 12.3. The fourth-order valence-corrected chi connectivity index (χ4v) is 4.31. The first-order valence-corrected chi connectivity index (χ1v) is 9.10. The number of thiophene rings is 1. The van der Waals surface area contributed by atoms with Gasteiger partial charge in [0, 0.05) is 26.2 Å². The van der Waals surface area contributed by atoms with Crippen LogP contribution < -0.4 is 5.32 Å². The minimum atomic E-state index is -3.55. The first kappa shape index (κ1) is 17.9. The molecule has 126 valence electrons. The fraction of sp³-hybridized carbons (Fsp3) is 0.214. The number of nitrogens with zero attached hydrogens (tertiary/aromatic N) is 3. The maximum atomic E-state index is 12.3. The average Bonchev–Trinajstić information content (AvgIpc) is 3.10. The summed E-state index contributed by atoms with van der Waals surface area (Å²) < 4.78 is 25.9. The first-order valence-electron chi connectivity index (χ1n) is 6.78. The van der Waals surface area contributed by atoms with E-state index in [9.17, 15) is 18.5 Å². The van der Waals surface area contributed by atoms with Crippen molar-refractivity contribution in [2.45, 2.75) is 4.21 Å². The summed E-state index contributed by atoms with van der Waals surface area (Å²) in [5, 5.41) is 24.4. The van der Waals surface area contributed by atoms with E-state index in [-0.39, 0.29) is 34.2 Å². The Morgan fingerprint density at radius 3 is 2.75 bits per heavy atom. The summed E-state index contributed by atoms with van der Waals surface area (Å²) in [7, 11) is -2.10. The van der Waals surface area contributed by atoms with Crippen LogP contribution in [0.1, 0.15) is 5.56 Å². The van der Waals surface area contributed by atoms with Crippen molar-refractivity contribution in [2.24, 2.45) is 0 Å². The first-order chi connectivity index (χ1) is 11.4. The second-order valence-corrected chi connectivity index (χ2v) is 8.01. The number of nitro benzene ring substituents is 1. The van der Waals surface area contributed by atoms with Crippen molar-refractivity contribution < 1.29 is 13.3 Å². The van der Waals surface area contributed by atoms with E-state index in [1.807, 2.05) is 6.07 Å². The van der Waals surface area contributed by atoms with E-state index in [0.29, 0.717) is 0 Å². The number of hydrogen-bond donors (Lipinski definition) is 1. The highest BCUT2D eigenvalue weighted by atomic mass is 32.2. The zero-order valence-electron chi connectivity index (χ0n) is 12.7. The van der Waals surface area contributed by atoms with Crippen LogP contribution in [0.2, 0.25) is 0 Å². The molecule has 2 rings (SSSR count). The molecule has 10 heteroatoms. The van der Waals surface area contributed by atoms with Crippen LogP contribution >= 0.6 is 11.3 Å². The van der Waals surface area contributed by atoms with Gasteiger partial charge in [-0.1, -0.05) is 6.07 Å². The largest absolute Gasteiger partial charge is 0.378 e. The second-order valence-electron chi connectivity index (χ2n) is 4.79. The summed E-state index contributed by atoms with van der Waals surface area (Å²) in [6, 6.07) is 9.09. The van der Waals surface area contributed by atoms with Crippen molar-refractivity contribution in [1.29, 1.82) is 5.26 Å². The molecule has 0 atom stereocenters. The molecule has 0 spiro atoms. The van der Waals surface area contributed by atoms with Crippen LogP contribution in [0.3, 0.4) is 0 Å². The highest BCUT2D eigenvalue weighted by Gasteiger charge is 2.21. The number of anilines is 1. The Labute approximate surface area is 143 Å². The van der Waals surface area contributed by atoms with Crippen LogP contribution in [0.5, 0.6) is 0 Å². The fourth-order valence-electron chi connectivity index (χ4n) is 1.93. The van der Waals surface area contributed by atoms with E-state index in [0.717, 1.165) is 11.3 Å². The topological polar surface area (TPSA) is 116 Å². The number of rotatable bonds is 7. The van der Waals surface area contributed by atoms with Gasteiger partial charge in [-0.3, -0.25) is 10.1 Å². The van der Waals surface area contributed by atoms with Gasteiger partial charge in [-0.05, 0) is 23.6 Å². The summed E-state index contributed by atoms with van der Waals surface area (Å²) in [4.78, 5) is 10.5. The Balaban J connectivity index is 2.05. The summed E-state index contributed by atoms with van der Waals surface area (Å²) in [5.41, 5.74) is 0.198. The number of benzene rings is 1. The molecular weight excluding hydrogens is 352 g/mol. The molecule has 8 nitrogen and oxygen atoms in total. The monoisotopic (exact) mass is 366 g/mol. The SMILES string of the molecule is CN(CCNc1ccc(C#N)cc1[N+](=O)[O-])S(=O)(=O)c1cccs1. The summed E-state index contributed by atoms with van der Waals surface area (Å²) in [6.45, 7) is 0.325. The lowest BCUT2D eigenvalue weighted by molar-refractivity contribution is -0.384. The van der Waals surface area contributed by atoms with Crippen molar-refractivity contribution >= 4 is 32.7 Å². The highest BCUT2D eigenvalue weighted by molar-refractivity contribution is 7.91. The summed E-state index contributed by atoms with van der Waals surface area (Å²) in [6.07, 6.45) is 0. The Morgan fingerprint density at radius 2 is 2.17 bits per heavy atom. The van der Waals surface area contributed by atoms with Crippen molar-refractivity contribution in [3.05, 3.63) is 51.4 Å². The molecule has 1 aromatic heterocycles. The van der Waals surface area contributed by atoms with E-state index in [4.69, 9.17) is 5.26 Å². The van der Waals surface area contributed by atoms with Gasteiger partial charge in [0.05, 0.1) is 16.6 Å². The van der Waals surface area contributed by atoms with Crippen molar-refractivity contribution in [3.63, 3.8) is 0 Å². The smallest absolute Gasteiger partial charge is 0.293 e. The molecule has 1 N–H and O–H groups in total. The van der Waals surface area contributed by atoms with E-state index < -0.39 is 14.9 Å². The lowest BCUT2D eigenvalue weighted by Gasteiger charge is -2.16. The Hall–Kier alpha value is -2.48. The molecule has 0 unspecified atom stereocenters. The number of likely N-dealkylation sites (N-methyl/N-ethyl adjacent to an activating group) is 1. The zero-order valence-corrected chi connectivity index (χ0v) is 14.3. The van der Waals surface area contributed by atoms with Gasteiger partial charge >= 0.3 is 0 Å². The number of nitro groups is 1. The van der Waals surface area contributed by atoms with Gasteiger partial charge in [0.2, 0.25) is 0 Å². The Bertz CT molecular complexity index is 873. The van der Waals surface area contributed by atoms with Crippen LogP contribution in [0, 0.1) is 21.4 Å². The van der Waals surface area contributed by atoms with Gasteiger partial charge < -0.3 is 5.32 Å². The van der Waals surface area contributed by atoms with Gasteiger partial charge in [0.25, 0.3) is 15.7 Å². The minimum absolute atomic E-state index is 0.136. The number of nitriles is 1. The van der Waals surface area contributed by atoms with Crippen LogP contribution in [0.4, 0.5) is 11.4 Å². The molecular formula is C14H14N4O4S2. The summed E-state index contributed by atoms with van der Waals surface area (Å²) >= 11 is 1.13. The predicted molar refractivity (Wildman–Crippen MR) is 90.4 cm³/mol. The molecule has 0 saturated heterocycles. The molecule has 0 amide bonds. The van der Waals surface area contributed by atoms with E-state index in [2.05, 4.69) is 5.32 Å². The van der Waals surface area contributed by atoms with Crippen molar-refractivity contribution in [3.8, 4) is 6.07 Å². The van der Waals surface area contributed by atoms with Gasteiger partial charge in [0.15, 0.2) is 0 Å². The molecule has 24 heavy (non-hydrogen) atoms. The molecule has 0 fully saturated rings. The molecule has 1 heterocycles. The molecule has 0 aliphatic heterocycles.